The Kier molecular flexibility index (Phi) is 3.24. The number of aliphatic hydroxyl groups is 2. The van der Waals surface area contributed by atoms with Gasteiger partial charge in [-0.1, -0.05) is 26.3 Å². The van der Waals surface area contributed by atoms with E-state index in [0.717, 1.165) is 5.57 Å². The van der Waals surface area contributed by atoms with Crippen LogP contribution in [-0.2, 0) is 19.1 Å². The van der Waals surface area contributed by atoms with Crippen LogP contribution in [0.4, 0.5) is 0 Å². The summed E-state index contributed by atoms with van der Waals surface area (Å²) in [4.78, 5) is 38.0. The first-order valence-corrected chi connectivity index (χ1v) is 8.88. The molecule has 0 aromatic heterocycles. The molecular formula is C19H24O6. The number of Topliss-reactive ketones (excluding diaryl/α,β-unsaturated/α-hetero) is 1. The molecular weight excluding hydrogens is 324 g/mol. The predicted molar refractivity (Wildman–Crippen MR) is 86.1 cm³/mol. The molecule has 25 heavy (non-hydrogen) atoms. The van der Waals surface area contributed by atoms with E-state index in [1.807, 2.05) is 6.92 Å². The maximum atomic E-state index is 13.3. The maximum absolute atomic E-state index is 13.3. The summed E-state index contributed by atoms with van der Waals surface area (Å²) in [5.74, 6) is -2.83. The molecule has 2 bridgehead atoms. The normalized spacial score (nSPS) is 54.6. The van der Waals surface area contributed by atoms with Crippen LogP contribution in [0, 0.1) is 34.5 Å². The number of ketones is 2. The molecule has 3 aliphatic carbocycles. The predicted octanol–water partition coefficient (Wildman–Crippen LogP) is 0.646. The van der Waals surface area contributed by atoms with E-state index in [0.29, 0.717) is 0 Å². The molecule has 0 amide bonds. The van der Waals surface area contributed by atoms with Crippen molar-refractivity contribution in [3.05, 3.63) is 11.6 Å². The van der Waals surface area contributed by atoms with Crippen LogP contribution in [0.3, 0.4) is 0 Å². The molecule has 0 aromatic carbocycles. The molecule has 136 valence electrons. The van der Waals surface area contributed by atoms with Crippen molar-refractivity contribution in [2.45, 2.75) is 52.4 Å². The van der Waals surface area contributed by atoms with Gasteiger partial charge >= 0.3 is 5.97 Å². The van der Waals surface area contributed by atoms with Crippen LogP contribution in [0.15, 0.2) is 11.6 Å². The number of ether oxygens (including phenoxy) is 1. The van der Waals surface area contributed by atoms with Crippen molar-refractivity contribution in [3.8, 4) is 0 Å². The van der Waals surface area contributed by atoms with Crippen molar-refractivity contribution < 1.29 is 29.3 Å². The molecule has 2 saturated carbocycles. The van der Waals surface area contributed by atoms with Gasteiger partial charge < -0.3 is 14.9 Å². The Balaban J connectivity index is 1.97. The topological polar surface area (TPSA) is 101 Å². The Morgan fingerprint density at radius 1 is 1.20 bits per heavy atom. The summed E-state index contributed by atoms with van der Waals surface area (Å²) >= 11 is 0. The molecule has 1 heterocycles. The van der Waals surface area contributed by atoms with Crippen LogP contribution >= 0.6 is 0 Å². The molecule has 4 rings (SSSR count). The molecule has 1 saturated heterocycles. The van der Waals surface area contributed by atoms with Gasteiger partial charge in [-0.05, 0) is 18.9 Å². The first-order valence-electron chi connectivity index (χ1n) is 8.88. The summed E-state index contributed by atoms with van der Waals surface area (Å²) in [5, 5.41) is 21.9. The van der Waals surface area contributed by atoms with E-state index in [4.69, 9.17) is 4.74 Å². The van der Waals surface area contributed by atoms with E-state index in [1.165, 1.54) is 6.08 Å². The molecule has 0 spiro atoms. The quantitative estimate of drug-likeness (QED) is 0.623. The molecule has 0 aromatic rings. The summed E-state index contributed by atoms with van der Waals surface area (Å²) in [7, 11) is 0. The number of rotatable bonds is 0. The standard InChI is InChI=1S/C19H24O6/c1-7-5-10(20)14(22)13-9(7)6-11(21)18(3)12-8(2)15(25-17(12)24)16(23)19(13,18)4/h5,8-9,12-16,22-23H,6H2,1-4H3/t8-,9+,12-,13-,14-,15-,16+,18+,19+/m1/s1. The SMILES string of the molecule is CC1=CC(=O)[C@@H](O)[C@H]2[C@H]1CC(=O)[C@@]1(C)[C@H]3C(=O)O[C@H]([C@@H]3C)[C@H](O)[C@]21C. The first kappa shape index (κ1) is 16.9. The lowest BCUT2D eigenvalue weighted by molar-refractivity contribution is -0.222. The minimum Gasteiger partial charge on any atom is -0.459 e. The van der Waals surface area contributed by atoms with Crippen LogP contribution in [0.5, 0.6) is 0 Å². The summed E-state index contributed by atoms with van der Waals surface area (Å²) in [5.41, 5.74) is -1.54. The molecule has 6 heteroatoms. The average Bonchev–Trinajstić information content (AvgIpc) is 2.80. The largest absolute Gasteiger partial charge is 0.459 e. The van der Waals surface area contributed by atoms with E-state index in [9.17, 15) is 24.6 Å². The van der Waals surface area contributed by atoms with Crippen molar-refractivity contribution in [1.82, 2.24) is 0 Å². The van der Waals surface area contributed by atoms with E-state index >= 15 is 0 Å². The second-order valence-corrected chi connectivity index (χ2v) is 8.66. The van der Waals surface area contributed by atoms with Gasteiger partial charge in [0.05, 0.1) is 12.0 Å². The van der Waals surface area contributed by atoms with Gasteiger partial charge in [0, 0.05) is 29.1 Å². The molecule has 4 aliphatic rings. The smallest absolute Gasteiger partial charge is 0.310 e. The molecule has 0 unspecified atom stereocenters. The second-order valence-electron chi connectivity index (χ2n) is 8.66. The van der Waals surface area contributed by atoms with Crippen LogP contribution in [0.25, 0.3) is 0 Å². The third-order valence-electron chi connectivity index (χ3n) is 7.91. The number of aliphatic hydroxyl groups excluding tert-OH is 2. The van der Waals surface area contributed by atoms with Crippen LogP contribution < -0.4 is 0 Å². The van der Waals surface area contributed by atoms with Crippen LogP contribution in [0.2, 0.25) is 0 Å². The van der Waals surface area contributed by atoms with Gasteiger partial charge in [0.2, 0.25) is 0 Å². The monoisotopic (exact) mass is 348 g/mol. The van der Waals surface area contributed by atoms with E-state index in [2.05, 4.69) is 0 Å². The zero-order valence-corrected chi connectivity index (χ0v) is 14.9. The van der Waals surface area contributed by atoms with Crippen molar-refractivity contribution >= 4 is 17.5 Å². The maximum Gasteiger partial charge on any atom is 0.310 e. The van der Waals surface area contributed by atoms with Crippen LogP contribution in [-0.4, -0.2) is 46.1 Å². The zero-order valence-electron chi connectivity index (χ0n) is 14.9. The summed E-state index contributed by atoms with van der Waals surface area (Å²) in [6.45, 7) is 7.06. The highest BCUT2D eigenvalue weighted by molar-refractivity contribution is 5.98. The molecule has 2 N–H and O–H groups in total. The molecule has 0 radical (unpaired) electrons. The fourth-order valence-corrected chi connectivity index (χ4v) is 6.38. The first-order chi connectivity index (χ1) is 11.6. The third kappa shape index (κ3) is 1.65. The minimum absolute atomic E-state index is 0.0984. The third-order valence-corrected chi connectivity index (χ3v) is 7.91. The van der Waals surface area contributed by atoms with Gasteiger partial charge in [0.15, 0.2) is 5.78 Å². The summed E-state index contributed by atoms with van der Waals surface area (Å²) in [6, 6.07) is 0. The molecule has 9 atom stereocenters. The minimum atomic E-state index is -1.29. The number of hydrogen-bond donors (Lipinski definition) is 2. The highest BCUT2D eigenvalue weighted by atomic mass is 16.6. The fourth-order valence-electron chi connectivity index (χ4n) is 6.38. The summed E-state index contributed by atoms with van der Waals surface area (Å²) in [6.07, 6.45) is -1.55. The number of hydrogen-bond acceptors (Lipinski definition) is 6. The zero-order chi connectivity index (χ0) is 18.5. The van der Waals surface area contributed by atoms with Crippen molar-refractivity contribution in [3.63, 3.8) is 0 Å². The van der Waals surface area contributed by atoms with Gasteiger partial charge in [0.1, 0.15) is 18.0 Å². The molecule has 3 fully saturated rings. The van der Waals surface area contributed by atoms with Gasteiger partial charge in [-0.2, -0.15) is 0 Å². The number of carbonyl (C=O) groups excluding carboxylic acids is 3. The highest BCUT2D eigenvalue weighted by Crippen LogP contribution is 2.68. The Morgan fingerprint density at radius 2 is 1.84 bits per heavy atom. The van der Waals surface area contributed by atoms with Crippen molar-refractivity contribution in [2.24, 2.45) is 34.5 Å². The average molecular weight is 348 g/mol. The van der Waals surface area contributed by atoms with Gasteiger partial charge in [-0.3, -0.25) is 14.4 Å². The number of fused-ring (bicyclic) bond motifs is 6. The number of esters is 1. The van der Waals surface area contributed by atoms with Crippen molar-refractivity contribution in [1.29, 1.82) is 0 Å². The Hall–Kier alpha value is -1.53. The highest BCUT2D eigenvalue weighted by Gasteiger charge is 2.76. The Morgan fingerprint density at radius 3 is 2.48 bits per heavy atom. The van der Waals surface area contributed by atoms with E-state index < -0.39 is 52.7 Å². The lowest BCUT2D eigenvalue weighted by Gasteiger charge is -2.63. The Labute approximate surface area is 146 Å². The second kappa shape index (κ2) is 4.80. The Bertz CT molecular complexity index is 725. The molecule has 1 aliphatic heterocycles. The fraction of sp³-hybridized carbons (Fsp3) is 0.737. The van der Waals surface area contributed by atoms with Gasteiger partial charge in [-0.15, -0.1) is 0 Å². The number of carbonyl (C=O) groups is 3. The van der Waals surface area contributed by atoms with Gasteiger partial charge in [0.25, 0.3) is 0 Å². The van der Waals surface area contributed by atoms with Crippen molar-refractivity contribution in [2.75, 3.05) is 0 Å². The van der Waals surface area contributed by atoms with E-state index in [1.54, 1.807) is 20.8 Å². The summed E-state index contributed by atoms with van der Waals surface area (Å²) < 4.78 is 5.43. The lowest BCUT2D eigenvalue weighted by atomic mass is 9.38. The molecule has 6 nitrogen and oxygen atoms in total. The number of allylic oxidation sites excluding steroid dienone is 1. The lowest BCUT2D eigenvalue weighted by Crippen LogP contribution is -2.71. The van der Waals surface area contributed by atoms with Gasteiger partial charge in [-0.25, -0.2) is 0 Å². The van der Waals surface area contributed by atoms with Crippen LogP contribution in [0.1, 0.15) is 34.1 Å². The van der Waals surface area contributed by atoms with E-state index in [-0.39, 0.29) is 24.0 Å².